The molecule has 3 N–H and O–H groups in total. The van der Waals surface area contributed by atoms with E-state index in [1.54, 1.807) is 31.3 Å². The number of aromatic nitrogens is 1. The molecule has 0 fully saturated rings. The molecule has 7 nitrogen and oxygen atoms in total. The van der Waals surface area contributed by atoms with Gasteiger partial charge in [-0.3, -0.25) is 9.71 Å². The average molecular weight is 396 g/mol. The minimum Gasteiger partial charge on any atom is -0.497 e. The van der Waals surface area contributed by atoms with Crippen molar-refractivity contribution in [2.45, 2.75) is 11.8 Å². The molecule has 0 aliphatic rings. The van der Waals surface area contributed by atoms with Crippen molar-refractivity contribution in [2.75, 3.05) is 12.4 Å². The number of nitrogens with zero attached hydrogens (tertiary/aromatic N) is 1. The van der Waals surface area contributed by atoms with Crippen molar-refractivity contribution < 1.29 is 13.2 Å². The fourth-order valence-electron chi connectivity index (χ4n) is 2.62. The van der Waals surface area contributed by atoms with Gasteiger partial charge in [0.15, 0.2) is 0 Å². The van der Waals surface area contributed by atoms with Gasteiger partial charge in [0.25, 0.3) is 10.0 Å². The topological polar surface area (TPSA) is 104 Å². The van der Waals surface area contributed by atoms with Crippen LogP contribution < -0.4 is 14.8 Å². The van der Waals surface area contributed by atoms with Crippen molar-refractivity contribution in [3.8, 4) is 5.75 Å². The van der Waals surface area contributed by atoms with Gasteiger partial charge in [0, 0.05) is 23.0 Å². The molecule has 3 rings (SSSR count). The maximum atomic E-state index is 12.8. The molecule has 3 aromatic rings. The number of sulfonamides is 1. The summed E-state index contributed by atoms with van der Waals surface area (Å²) in [6.45, 7) is 1.56. The minimum absolute atomic E-state index is 0.0863. The molecule has 0 saturated carbocycles. The van der Waals surface area contributed by atoms with Crippen LogP contribution in [0.15, 0.2) is 77.6 Å². The number of allylic oxidation sites excluding steroid dienone is 1. The second-order valence-corrected chi connectivity index (χ2v) is 7.71. The molecule has 8 heteroatoms. The number of rotatable bonds is 7. The third kappa shape index (κ3) is 4.47. The molecule has 1 heterocycles. The van der Waals surface area contributed by atoms with E-state index in [4.69, 9.17) is 10.1 Å². The third-order valence-electron chi connectivity index (χ3n) is 3.89. The maximum absolute atomic E-state index is 12.8. The van der Waals surface area contributed by atoms with Crippen molar-refractivity contribution in [3.05, 3.63) is 72.7 Å². The Morgan fingerprint density at radius 1 is 1.11 bits per heavy atom. The molecule has 0 amide bonds. The highest BCUT2D eigenvalue weighted by atomic mass is 32.2. The number of hydrogen-bond donors (Lipinski definition) is 3. The van der Waals surface area contributed by atoms with Gasteiger partial charge in [0.2, 0.25) is 0 Å². The lowest BCUT2D eigenvalue weighted by Crippen LogP contribution is -2.27. The molecule has 0 aliphatic heterocycles. The van der Waals surface area contributed by atoms with Crippen LogP contribution in [-0.4, -0.2) is 26.2 Å². The van der Waals surface area contributed by atoms with Crippen LogP contribution in [-0.2, 0) is 10.0 Å². The van der Waals surface area contributed by atoms with Crippen LogP contribution in [0, 0.1) is 5.41 Å². The van der Waals surface area contributed by atoms with Crippen molar-refractivity contribution in [1.82, 2.24) is 9.71 Å². The summed E-state index contributed by atoms with van der Waals surface area (Å²) in [6, 6.07) is 15.3. The Bertz CT molecular complexity index is 1130. The van der Waals surface area contributed by atoms with Crippen LogP contribution in [0.1, 0.15) is 6.92 Å². The molecule has 144 valence electrons. The van der Waals surface area contributed by atoms with Crippen molar-refractivity contribution in [2.24, 2.45) is 0 Å². The van der Waals surface area contributed by atoms with Gasteiger partial charge in [0.1, 0.15) is 11.6 Å². The number of methoxy groups -OCH3 is 1. The number of hydrogen-bond acceptors (Lipinski definition) is 6. The molecular formula is C20H20N4O3S. The first-order valence-electron chi connectivity index (χ1n) is 8.43. The number of nitrogens with one attached hydrogen (secondary N) is 3. The summed E-state index contributed by atoms with van der Waals surface area (Å²) < 4.78 is 33.1. The Morgan fingerprint density at radius 3 is 2.54 bits per heavy atom. The Labute approximate surface area is 163 Å². The van der Waals surface area contributed by atoms with E-state index >= 15 is 0 Å². The van der Waals surface area contributed by atoms with E-state index in [9.17, 15) is 8.42 Å². The predicted octanol–water partition coefficient (Wildman–Crippen LogP) is 3.51. The van der Waals surface area contributed by atoms with Crippen LogP contribution in [0.25, 0.3) is 10.9 Å². The number of anilines is 1. The van der Waals surface area contributed by atoms with E-state index in [1.165, 1.54) is 25.3 Å². The van der Waals surface area contributed by atoms with E-state index in [2.05, 4.69) is 15.0 Å². The number of pyridine rings is 1. The van der Waals surface area contributed by atoms with Crippen LogP contribution in [0.2, 0.25) is 0 Å². The highest BCUT2D eigenvalue weighted by Gasteiger charge is 2.16. The van der Waals surface area contributed by atoms with Crippen molar-refractivity contribution in [3.63, 3.8) is 0 Å². The smallest absolute Gasteiger partial charge is 0.262 e. The van der Waals surface area contributed by atoms with Crippen molar-refractivity contribution >= 4 is 32.3 Å². The van der Waals surface area contributed by atoms with Gasteiger partial charge in [-0.05, 0) is 61.5 Å². The van der Waals surface area contributed by atoms with E-state index in [1.807, 2.05) is 24.3 Å². The third-order valence-corrected chi connectivity index (χ3v) is 5.27. The summed E-state index contributed by atoms with van der Waals surface area (Å²) >= 11 is 0. The van der Waals surface area contributed by atoms with Gasteiger partial charge in [-0.2, -0.15) is 0 Å². The van der Waals surface area contributed by atoms with Gasteiger partial charge in [-0.15, -0.1) is 0 Å². The lowest BCUT2D eigenvalue weighted by Gasteiger charge is -2.16. The normalized spacial score (nSPS) is 11.9. The van der Waals surface area contributed by atoms with Gasteiger partial charge >= 0.3 is 0 Å². The zero-order valence-corrected chi connectivity index (χ0v) is 16.2. The monoisotopic (exact) mass is 396 g/mol. The van der Waals surface area contributed by atoms with E-state index in [-0.39, 0.29) is 16.4 Å². The molecule has 0 saturated heterocycles. The summed E-state index contributed by atoms with van der Waals surface area (Å²) in [5, 5.41) is 11.6. The molecule has 2 aromatic carbocycles. The first-order valence-corrected chi connectivity index (χ1v) is 9.92. The van der Waals surface area contributed by atoms with Crippen molar-refractivity contribution in [1.29, 1.82) is 5.41 Å². The molecule has 28 heavy (non-hydrogen) atoms. The summed E-state index contributed by atoms with van der Waals surface area (Å²) in [4.78, 5) is 4.38. The minimum atomic E-state index is -3.85. The van der Waals surface area contributed by atoms with Gasteiger partial charge in [-0.25, -0.2) is 8.42 Å². The highest BCUT2D eigenvalue weighted by molar-refractivity contribution is 7.89. The molecule has 0 unspecified atom stereocenters. The molecule has 0 radical (unpaired) electrons. The van der Waals surface area contributed by atoms with Crippen LogP contribution >= 0.6 is 0 Å². The Kier molecular flexibility index (Phi) is 5.60. The first-order chi connectivity index (χ1) is 13.4. The van der Waals surface area contributed by atoms with Gasteiger partial charge in [0.05, 0.1) is 17.5 Å². The Hall–Kier alpha value is -3.39. The van der Waals surface area contributed by atoms with E-state index in [0.29, 0.717) is 11.4 Å². The molecule has 0 bridgehead atoms. The number of benzene rings is 2. The number of fused-ring (bicyclic) bond motifs is 1. The first kappa shape index (κ1) is 19.4. The zero-order valence-electron chi connectivity index (χ0n) is 15.4. The summed E-state index contributed by atoms with van der Waals surface area (Å²) in [5.41, 5.74) is 1.64. The fourth-order valence-corrected chi connectivity index (χ4v) is 3.64. The molecule has 0 aliphatic carbocycles. The summed E-state index contributed by atoms with van der Waals surface area (Å²) in [6.07, 6.45) is 3.10. The molecule has 1 aromatic heterocycles. The van der Waals surface area contributed by atoms with E-state index < -0.39 is 10.0 Å². The zero-order chi connectivity index (χ0) is 20.1. The standard InChI is InChI=1S/C20H20N4O3S/c1-14(21)13-20(23-19-7-3-6-18-17(19)5-4-12-22-18)24-28(25,26)16-10-8-15(27-2)9-11-16/h3-13,21,23-24H,1-2H3/b20-13+,21-14?. The second kappa shape index (κ2) is 8.10. The summed E-state index contributed by atoms with van der Waals surface area (Å²) in [5.74, 6) is 0.728. The van der Waals surface area contributed by atoms with Crippen LogP contribution in [0.3, 0.4) is 0 Å². The maximum Gasteiger partial charge on any atom is 0.262 e. The highest BCUT2D eigenvalue weighted by Crippen LogP contribution is 2.23. The average Bonchev–Trinajstić information content (AvgIpc) is 2.67. The Morgan fingerprint density at radius 2 is 1.86 bits per heavy atom. The molecule has 0 spiro atoms. The molecular weight excluding hydrogens is 376 g/mol. The summed E-state index contributed by atoms with van der Waals surface area (Å²) in [7, 11) is -2.34. The van der Waals surface area contributed by atoms with Gasteiger partial charge < -0.3 is 15.5 Å². The SMILES string of the molecule is COc1ccc(S(=O)(=O)N/C(=C/C(C)=N)Nc2cccc3ncccc23)cc1. The number of ether oxygens (including phenoxy) is 1. The predicted molar refractivity (Wildman–Crippen MR) is 110 cm³/mol. The second-order valence-electron chi connectivity index (χ2n) is 6.02. The van der Waals surface area contributed by atoms with Gasteiger partial charge in [-0.1, -0.05) is 6.07 Å². The molecule has 0 atom stereocenters. The lowest BCUT2D eigenvalue weighted by molar-refractivity contribution is 0.414. The quantitative estimate of drug-likeness (QED) is 0.530. The van der Waals surface area contributed by atoms with Crippen LogP contribution in [0.4, 0.5) is 5.69 Å². The largest absolute Gasteiger partial charge is 0.497 e. The Balaban J connectivity index is 1.93. The lowest BCUT2D eigenvalue weighted by atomic mass is 10.2. The van der Waals surface area contributed by atoms with E-state index in [0.717, 1.165) is 10.9 Å². The fraction of sp³-hybridized carbons (Fsp3) is 0.100. The van der Waals surface area contributed by atoms with Crippen LogP contribution in [0.5, 0.6) is 5.75 Å².